The van der Waals surface area contributed by atoms with Gasteiger partial charge in [-0.05, 0) is 18.6 Å². The number of benzene rings is 1. The number of halogens is 5. The largest absolute Gasteiger partial charge is 0.573 e. The van der Waals surface area contributed by atoms with E-state index in [0.717, 1.165) is 12.1 Å². The Kier molecular flexibility index (Phi) is 2.64. The summed E-state index contributed by atoms with van der Waals surface area (Å²) in [5.41, 5.74) is -0.124. The summed E-state index contributed by atoms with van der Waals surface area (Å²) < 4.78 is 63.8. The lowest BCUT2D eigenvalue weighted by Crippen LogP contribution is -2.19. The predicted octanol–water partition coefficient (Wildman–Crippen LogP) is 3.17. The quantitative estimate of drug-likeness (QED) is 0.649. The molecule has 14 heavy (non-hydrogen) atoms. The zero-order valence-electron chi connectivity index (χ0n) is 6.95. The summed E-state index contributed by atoms with van der Waals surface area (Å²) in [5.74, 6) is -4.14. The van der Waals surface area contributed by atoms with Gasteiger partial charge >= 0.3 is 6.36 Å². The van der Waals surface area contributed by atoms with Gasteiger partial charge in [0.25, 0.3) is 0 Å². The van der Waals surface area contributed by atoms with Crippen LogP contribution >= 0.6 is 0 Å². The van der Waals surface area contributed by atoms with Gasteiger partial charge in [0, 0.05) is 0 Å². The summed E-state index contributed by atoms with van der Waals surface area (Å²) in [5, 5.41) is 0. The van der Waals surface area contributed by atoms with Gasteiger partial charge in [0.1, 0.15) is 0 Å². The molecule has 1 aromatic rings. The van der Waals surface area contributed by atoms with E-state index in [1.54, 1.807) is 0 Å². The summed E-state index contributed by atoms with van der Waals surface area (Å²) >= 11 is 0. The second kappa shape index (κ2) is 3.43. The van der Waals surface area contributed by atoms with Gasteiger partial charge < -0.3 is 4.74 Å². The third kappa shape index (κ3) is 2.34. The van der Waals surface area contributed by atoms with Crippen LogP contribution in [0.25, 0.3) is 0 Å². The normalized spacial score (nSPS) is 11.6. The Morgan fingerprint density at radius 3 is 2.21 bits per heavy atom. The molecule has 0 aliphatic rings. The zero-order chi connectivity index (χ0) is 10.9. The van der Waals surface area contributed by atoms with E-state index in [1.165, 1.54) is 6.92 Å². The first-order valence-electron chi connectivity index (χ1n) is 3.51. The maximum atomic E-state index is 12.8. The fourth-order valence-corrected chi connectivity index (χ4v) is 0.870. The molecule has 78 valence electrons. The maximum absolute atomic E-state index is 12.8. The number of hydrogen-bond acceptors (Lipinski definition) is 1. The molecule has 0 aliphatic carbocycles. The van der Waals surface area contributed by atoms with Crippen LogP contribution in [0.4, 0.5) is 22.0 Å². The van der Waals surface area contributed by atoms with Crippen molar-refractivity contribution in [2.45, 2.75) is 13.3 Å². The smallest absolute Gasteiger partial charge is 0.402 e. The minimum Gasteiger partial charge on any atom is -0.402 e. The van der Waals surface area contributed by atoms with E-state index in [0.29, 0.717) is 0 Å². The average Bonchev–Trinajstić information content (AvgIpc) is 2.04. The predicted molar refractivity (Wildman–Crippen MR) is 37.8 cm³/mol. The molecule has 0 atom stereocenters. The topological polar surface area (TPSA) is 9.23 Å². The standard InChI is InChI=1S/C8H5F5O/c1-4-2-3-5(9)6(10)7(4)14-8(11,12)13/h2-3H,1H3. The number of aryl methyl sites for hydroxylation is 1. The zero-order valence-corrected chi connectivity index (χ0v) is 6.95. The first-order chi connectivity index (χ1) is 6.31. The lowest BCUT2D eigenvalue weighted by molar-refractivity contribution is -0.275. The van der Waals surface area contributed by atoms with Crippen molar-refractivity contribution in [3.8, 4) is 5.75 Å². The van der Waals surface area contributed by atoms with E-state index >= 15 is 0 Å². The van der Waals surface area contributed by atoms with Crippen LogP contribution in [0.5, 0.6) is 5.75 Å². The summed E-state index contributed by atoms with van der Waals surface area (Å²) in [6.07, 6.45) is -5.03. The van der Waals surface area contributed by atoms with E-state index in [4.69, 9.17) is 0 Å². The monoisotopic (exact) mass is 212 g/mol. The van der Waals surface area contributed by atoms with E-state index in [2.05, 4.69) is 4.74 Å². The molecule has 0 aromatic heterocycles. The average molecular weight is 212 g/mol. The summed E-state index contributed by atoms with van der Waals surface area (Å²) in [7, 11) is 0. The molecule has 0 unspecified atom stereocenters. The Hall–Kier alpha value is -1.33. The molecule has 1 rings (SSSR count). The van der Waals surface area contributed by atoms with Crippen LogP contribution in [-0.4, -0.2) is 6.36 Å². The lowest BCUT2D eigenvalue weighted by atomic mass is 10.2. The van der Waals surface area contributed by atoms with Gasteiger partial charge in [-0.3, -0.25) is 0 Å². The number of hydrogen-bond donors (Lipinski definition) is 0. The second-order valence-corrected chi connectivity index (χ2v) is 2.56. The van der Waals surface area contributed by atoms with Crippen LogP contribution in [0.1, 0.15) is 5.56 Å². The third-order valence-electron chi connectivity index (χ3n) is 1.46. The van der Waals surface area contributed by atoms with Gasteiger partial charge in [-0.15, -0.1) is 13.2 Å². The van der Waals surface area contributed by atoms with Crippen molar-refractivity contribution in [1.29, 1.82) is 0 Å². The van der Waals surface area contributed by atoms with E-state index in [1.807, 2.05) is 0 Å². The van der Waals surface area contributed by atoms with Crippen LogP contribution in [0, 0.1) is 18.6 Å². The molecular formula is C8H5F5O. The lowest BCUT2D eigenvalue weighted by Gasteiger charge is -2.11. The van der Waals surface area contributed by atoms with Crippen LogP contribution in [0.15, 0.2) is 12.1 Å². The fourth-order valence-electron chi connectivity index (χ4n) is 0.870. The van der Waals surface area contributed by atoms with Crippen LogP contribution in [-0.2, 0) is 0 Å². The Labute approximate surface area is 76.1 Å². The van der Waals surface area contributed by atoms with E-state index < -0.39 is 23.7 Å². The third-order valence-corrected chi connectivity index (χ3v) is 1.46. The van der Waals surface area contributed by atoms with Crippen molar-refractivity contribution in [1.82, 2.24) is 0 Å². The number of alkyl halides is 3. The van der Waals surface area contributed by atoms with Crippen molar-refractivity contribution in [2.75, 3.05) is 0 Å². The van der Waals surface area contributed by atoms with Crippen molar-refractivity contribution in [3.63, 3.8) is 0 Å². The van der Waals surface area contributed by atoms with Gasteiger partial charge in [-0.2, -0.15) is 4.39 Å². The minimum absolute atomic E-state index is 0.124. The van der Waals surface area contributed by atoms with Gasteiger partial charge in [-0.25, -0.2) is 4.39 Å². The molecule has 0 saturated heterocycles. The molecule has 0 aliphatic heterocycles. The Balaban J connectivity index is 3.13. The van der Waals surface area contributed by atoms with Gasteiger partial charge in [0.2, 0.25) is 5.82 Å². The number of rotatable bonds is 1. The van der Waals surface area contributed by atoms with Gasteiger partial charge in [0.05, 0.1) is 0 Å². The molecule has 0 amide bonds. The molecular weight excluding hydrogens is 207 g/mol. The van der Waals surface area contributed by atoms with Gasteiger partial charge in [0.15, 0.2) is 11.6 Å². The Morgan fingerprint density at radius 2 is 1.71 bits per heavy atom. The first kappa shape index (κ1) is 10.7. The molecule has 0 fully saturated rings. The molecule has 0 N–H and O–H groups in total. The summed E-state index contributed by atoms with van der Waals surface area (Å²) in [6.45, 7) is 1.18. The molecule has 0 saturated carbocycles. The highest BCUT2D eigenvalue weighted by Crippen LogP contribution is 2.29. The molecule has 0 heterocycles. The fraction of sp³-hybridized carbons (Fsp3) is 0.250. The molecule has 0 spiro atoms. The highest BCUT2D eigenvalue weighted by atomic mass is 19.4. The Morgan fingerprint density at radius 1 is 1.14 bits per heavy atom. The highest BCUT2D eigenvalue weighted by molar-refractivity contribution is 5.34. The van der Waals surface area contributed by atoms with E-state index in [9.17, 15) is 22.0 Å². The Bertz CT molecular complexity index is 344. The van der Waals surface area contributed by atoms with Crippen LogP contribution in [0.2, 0.25) is 0 Å². The minimum atomic E-state index is -5.03. The summed E-state index contributed by atoms with van der Waals surface area (Å²) in [6, 6.07) is 1.73. The first-order valence-corrected chi connectivity index (χ1v) is 3.51. The van der Waals surface area contributed by atoms with Crippen LogP contribution < -0.4 is 4.74 Å². The molecule has 1 nitrogen and oxygen atoms in total. The van der Waals surface area contributed by atoms with Crippen molar-refractivity contribution in [2.24, 2.45) is 0 Å². The van der Waals surface area contributed by atoms with Gasteiger partial charge in [-0.1, -0.05) is 6.07 Å². The molecule has 6 heteroatoms. The SMILES string of the molecule is Cc1ccc(F)c(F)c1OC(F)(F)F. The van der Waals surface area contributed by atoms with Crippen molar-refractivity contribution in [3.05, 3.63) is 29.3 Å². The molecule has 0 radical (unpaired) electrons. The maximum Gasteiger partial charge on any atom is 0.573 e. The number of ether oxygens (including phenoxy) is 1. The van der Waals surface area contributed by atoms with E-state index in [-0.39, 0.29) is 5.56 Å². The highest BCUT2D eigenvalue weighted by Gasteiger charge is 2.33. The van der Waals surface area contributed by atoms with Crippen LogP contribution in [0.3, 0.4) is 0 Å². The van der Waals surface area contributed by atoms with Crippen molar-refractivity contribution < 1.29 is 26.7 Å². The summed E-state index contributed by atoms with van der Waals surface area (Å²) in [4.78, 5) is 0. The second-order valence-electron chi connectivity index (χ2n) is 2.56. The molecule has 1 aromatic carbocycles. The van der Waals surface area contributed by atoms with Crippen molar-refractivity contribution >= 4 is 0 Å². The molecule has 0 bridgehead atoms.